The molecule has 32 heavy (non-hydrogen) atoms. The zero-order valence-electron chi connectivity index (χ0n) is 18.7. The summed E-state index contributed by atoms with van der Waals surface area (Å²) in [6.07, 6.45) is 0.919. The van der Waals surface area contributed by atoms with E-state index in [1.807, 2.05) is 13.8 Å². The van der Waals surface area contributed by atoms with E-state index >= 15 is 0 Å². The minimum atomic E-state index is -3.95. The lowest BCUT2D eigenvalue weighted by Crippen LogP contribution is -2.44. The van der Waals surface area contributed by atoms with Gasteiger partial charge in [0, 0.05) is 30.9 Å². The molecule has 0 bridgehead atoms. The van der Waals surface area contributed by atoms with Gasteiger partial charge in [0.2, 0.25) is 21.8 Å². The predicted molar refractivity (Wildman–Crippen MR) is 123 cm³/mol. The molecule has 3 rings (SSSR count). The molecule has 2 aromatic rings. The molecular weight excluding hydrogens is 430 g/mol. The van der Waals surface area contributed by atoms with Crippen molar-refractivity contribution in [1.82, 2.24) is 4.72 Å². The fraction of sp³-hybridized carbons (Fsp3) is 0.391. The number of benzene rings is 2. The standard InChI is InChI=1S/C23H29N3O5S/c1-15(2)12-21(23(28)24-18-6-5-7-19(14-18)31-4)25-32(29,30)20-8-9-22-17(13-20)10-11-26(22)16(3)27/h5-9,13-15,21,25H,10-12H2,1-4H3,(H,24,28). The van der Waals surface area contributed by atoms with E-state index in [4.69, 9.17) is 4.74 Å². The fourth-order valence-corrected chi connectivity index (χ4v) is 5.00. The van der Waals surface area contributed by atoms with E-state index in [1.54, 1.807) is 41.3 Å². The van der Waals surface area contributed by atoms with Gasteiger partial charge in [-0.15, -0.1) is 0 Å². The van der Waals surface area contributed by atoms with Crippen molar-refractivity contribution < 1.29 is 22.7 Å². The molecule has 0 aromatic heterocycles. The molecule has 1 aliphatic rings. The molecule has 1 unspecified atom stereocenters. The topological polar surface area (TPSA) is 105 Å². The second kappa shape index (κ2) is 9.70. The largest absolute Gasteiger partial charge is 0.497 e. The maximum atomic E-state index is 13.1. The van der Waals surface area contributed by atoms with Crippen LogP contribution in [0, 0.1) is 5.92 Å². The predicted octanol–water partition coefficient (Wildman–Crippen LogP) is 2.94. The van der Waals surface area contributed by atoms with Crippen LogP contribution in [0.3, 0.4) is 0 Å². The summed E-state index contributed by atoms with van der Waals surface area (Å²) < 4.78 is 33.9. The van der Waals surface area contributed by atoms with Gasteiger partial charge in [-0.3, -0.25) is 9.59 Å². The number of nitrogens with zero attached hydrogens (tertiary/aromatic N) is 1. The Bertz CT molecular complexity index is 1110. The number of amides is 2. The summed E-state index contributed by atoms with van der Waals surface area (Å²) >= 11 is 0. The summed E-state index contributed by atoms with van der Waals surface area (Å²) in [6.45, 7) is 5.86. The van der Waals surface area contributed by atoms with Gasteiger partial charge in [0.25, 0.3) is 0 Å². The molecule has 0 saturated carbocycles. The second-order valence-electron chi connectivity index (χ2n) is 8.24. The Balaban J connectivity index is 1.81. The van der Waals surface area contributed by atoms with E-state index < -0.39 is 22.0 Å². The monoisotopic (exact) mass is 459 g/mol. The van der Waals surface area contributed by atoms with E-state index in [0.29, 0.717) is 30.8 Å². The Hall–Kier alpha value is -2.91. The van der Waals surface area contributed by atoms with Crippen LogP contribution in [0.15, 0.2) is 47.4 Å². The third kappa shape index (κ3) is 5.46. The SMILES string of the molecule is COc1cccc(NC(=O)C(CC(C)C)NS(=O)(=O)c2ccc3c(c2)CCN3C(C)=O)c1. The summed E-state index contributed by atoms with van der Waals surface area (Å²) in [4.78, 5) is 26.4. The maximum Gasteiger partial charge on any atom is 0.242 e. The van der Waals surface area contributed by atoms with Crippen molar-refractivity contribution in [3.8, 4) is 5.75 Å². The normalized spacial score (nSPS) is 14.2. The number of ether oxygens (including phenoxy) is 1. The Morgan fingerprint density at radius 1 is 1.16 bits per heavy atom. The van der Waals surface area contributed by atoms with Gasteiger partial charge in [0.15, 0.2) is 0 Å². The number of anilines is 2. The lowest BCUT2D eigenvalue weighted by molar-refractivity contribution is -0.118. The zero-order valence-corrected chi connectivity index (χ0v) is 19.5. The summed E-state index contributed by atoms with van der Waals surface area (Å²) in [5, 5.41) is 2.77. The highest BCUT2D eigenvalue weighted by Gasteiger charge is 2.29. The number of nitrogens with one attached hydrogen (secondary N) is 2. The van der Waals surface area contributed by atoms with E-state index in [1.165, 1.54) is 20.1 Å². The molecule has 8 nitrogen and oxygen atoms in total. The molecule has 0 fully saturated rings. The third-order valence-electron chi connectivity index (χ3n) is 5.30. The Morgan fingerprint density at radius 2 is 1.91 bits per heavy atom. The number of carbonyl (C=O) groups is 2. The zero-order chi connectivity index (χ0) is 23.5. The number of fused-ring (bicyclic) bond motifs is 1. The third-order valence-corrected chi connectivity index (χ3v) is 6.76. The Labute approximate surface area is 189 Å². The highest BCUT2D eigenvalue weighted by Crippen LogP contribution is 2.30. The van der Waals surface area contributed by atoms with Gasteiger partial charge in [0.05, 0.1) is 12.0 Å². The van der Waals surface area contributed by atoms with Crippen molar-refractivity contribution in [3.63, 3.8) is 0 Å². The van der Waals surface area contributed by atoms with Crippen LogP contribution in [0.5, 0.6) is 5.75 Å². The Morgan fingerprint density at radius 3 is 2.56 bits per heavy atom. The van der Waals surface area contributed by atoms with Gasteiger partial charge in [-0.25, -0.2) is 8.42 Å². The number of rotatable bonds is 8. The molecule has 1 heterocycles. The summed E-state index contributed by atoms with van der Waals surface area (Å²) in [5.74, 6) is 0.146. The van der Waals surface area contributed by atoms with Crippen molar-refractivity contribution in [3.05, 3.63) is 48.0 Å². The molecule has 0 aliphatic carbocycles. The average Bonchev–Trinajstić information content (AvgIpc) is 3.16. The van der Waals surface area contributed by atoms with Crippen molar-refractivity contribution in [2.45, 2.75) is 44.6 Å². The molecule has 2 aromatic carbocycles. The molecule has 1 aliphatic heterocycles. The first-order valence-electron chi connectivity index (χ1n) is 10.5. The molecular formula is C23H29N3O5S. The first-order chi connectivity index (χ1) is 15.1. The van der Waals surface area contributed by atoms with E-state index in [0.717, 1.165) is 11.3 Å². The van der Waals surface area contributed by atoms with E-state index in [-0.39, 0.29) is 16.7 Å². The minimum Gasteiger partial charge on any atom is -0.497 e. The van der Waals surface area contributed by atoms with Gasteiger partial charge in [-0.05, 0) is 54.7 Å². The van der Waals surface area contributed by atoms with Crippen LogP contribution in [0.4, 0.5) is 11.4 Å². The average molecular weight is 460 g/mol. The molecule has 172 valence electrons. The molecule has 2 amide bonds. The fourth-order valence-electron chi connectivity index (χ4n) is 3.74. The van der Waals surface area contributed by atoms with Crippen LogP contribution in [0.2, 0.25) is 0 Å². The van der Waals surface area contributed by atoms with Gasteiger partial charge in [-0.2, -0.15) is 4.72 Å². The number of methoxy groups -OCH3 is 1. The van der Waals surface area contributed by atoms with Crippen molar-refractivity contribution in [2.75, 3.05) is 23.9 Å². The van der Waals surface area contributed by atoms with Gasteiger partial charge < -0.3 is 15.0 Å². The van der Waals surface area contributed by atoms with Crippen molar-refractivity contribution >= 4 is 33.2 Å². The highest BCUT2D eigenvalue weighted by atomic mass is 32.2. The highest BCUT2D eigenvalue weighted by molar-refractivity contribution is 7.89. The molecule has 0 radical (unpaired) electrons. The van der Waals surface area contributed by atoms with Crippen LogP contribution in [-0.4, -0.2) is 39.9 Å². The Kier molecular flexibility index (Phi) is 7.20. The van der Waals surface area contributed by atoms with Crippen LogP contribution in [-0.2, 0) is 26.0 Å². The minimum absolute atomic E-state index is 0.0737. The van der Waals surface area contributed by atoms with Crippen molar-refractivity contribution in [2.24, 2.45) is 5.92 Å². The van der Waals surface area contributed by atoms with Gasteiger partial charge in [0.1, 0.15) is 11.8 Å². The van der Waals surface area contributed by atoms with Crippen LogP contribution >= 0.6 is 0 Å². The number of sulfonamides is 1. The van der Waals surface area contributed by atoms with Gasteiger partial charge >= 0.3 is 0 Å². The van der Waals surface area contributed by atoms with E-state index in [2.05, 4.69) is 10.0 Å². The van der Waals surface area contributed by atoms with Crippen LogP contribution < -0.4 is 19.7 Å². The smallest absolute Gasteiger partial charge is 0.242 e. The van der Waals surface area contributed by atoms with Crippen LogP contribution in [0.1, 0.15) is 32.8 Å². The lowest BCUT2D eigenvalue weighted by atomic mass is 10.0. The maximum absolute atomic E-state index is 13.1. The van der Waals surface area contributed by atoms with Gasteiger partial charge in [-0.1, -0.05) is 19.9 Å². The lowest BCUT2D eigenvalue weighted by Gasteiger charge is -2.21. The molecule has 1 atom stereocenters. The molecule has 0 saturated heterocycles. The second-order valence-corrected chi connectivity index (χ2v) is 9.95. The van der Waals surface area contributed by atoms with E-state index in [9.17, 15) is 18.0 Å². The first-order valence-corrected chi connectivity index (χ1v) is 12.0. The number of carbonyl (C=O) groups excluding carboxylic acids is 2. The molecule has 2 N–H and O–H groups in total. The summed E-state index contributed by atoms with van der Waals surface area (Å²) in [6, 6.07) is 10.6. The quantitative estimate of drug-likeness (QED) is 0.632. The van der Waals surface area contributed by atoms with Crippen LogP contribution in [0.25, 0.3) is 0 Å². The molecule has 0 spiro atoms. The first kappa shape index (κ1) is 23.7. The summed E-state index contributed by atoms with van der Waals surface area (Å²) in [7, 11) is -2.42. The molecule has 9 heteroatoms. The van der Waals surface area contributed by atoms with Crippen molar-refractivity contribution in [1.29, 1.82) is 0 Å². The summed E-state index contributed by atoms with van der Waals surface area (Å²) in [5.41, 5.74) is 2.04. The number of hydrogen-bond donors (Lipinski definition) is 2. The number of hydrogen-bond acceptors (Lipinski definition) is 5.